The van der Waals surface area contributed by atoms with E-state index in [2.05, 4.69) is 31.5 Å². The summed E-state index contributed by atoms with van der Waals surface area (Å²) >= 11 is 1.27. The quantitative estimate of drug-likeness (QED) is 0.0119. The summed E-state index contributed by atoms with van der Waals surface area (Å²) in [5.74, 6) is -20.7. The van der Waals surface area contributed by atoms with E-state index in [4.69, 9.17) is 29.4 Å². The van der Waals surface area contributed by atoms with E-state index in [1.807, 2.05) is 0 Å². The Balaban J connectivity index is 1.55. The van der Waals surface area contributed by atoms with Crippen LogP contribution in [0.25, 0.3) is 0 Å². The molecule has 0 saturated carbocycles. The van der Waals surface area contributed by atoms with Gasteiger partial charge in [-0.05, 0) is 12.2 Å². The van der Waals surface area contributed by atoms with Crippen LogP contribution in [0.5, 0.6) is 0 Å². The number of amidine groups is 1. The summed E-state index contributed by atoms with van der Waals surface area (Å²) in [7, 11) is 1.67. The summed E-state index contributed by atoms with van der Waals surface area (Å²) in [6.07, 6.45) is -21.0. The fourth-order valence-electron chi connectivity index (χ4n) is 9.04. The fourth-order valence-corrected chi connectivity index (χ4v) is 10.2. The topological polar surface area (TPSA) is 526 Å². The van der Waals surface area contributed by atoms with E-state index in [9.17, 15) is 99.3 Å². The van der Waals surface area contributed by atoms with Crippen LogP contribution in [-0.4, -0.2) is 261 Å². The molecule has 34 heteroatoms. The molecule has 4 heterocycles. The van der Waals surface area contributed by atoms with Crippen LogP contribution in [0, 0.1) is 5.92 Å². The Labute approximate surface area is 447 Å². The van der Waals surface area contributed by atoms with E-state index in [1.165, 1.54) is 11.8 Å². The molecule has 4 fully saturated rings. The maximum atomic E-state index is 13.1. The Morgan fingerprint density at radius 1 is 0.808 bits per heavy atom. The van der Waals surface area contributed by atoms with Gasteiger partial charge in [-0.15, -0.1) is 11.8 Å². The predicted octanol–water partition coefficient (Wildman–Crippen LogP) is -9.79. The summed E-state index contributed by atoms with van der Waals surface area (Å²) in [6, 6.07) is -5.03. The number of amides is 6. The number of aliphatic hydroxyl groups is 8. The van der Waals surface area contributed by atoms with E-state index < -0.39 is 200 Å². The highest BCUT2D eigenvalue weighted by atomic mass is 32.2. The summed E-state index contributed by atoms with van der Waals surface area (Å²) in [5.41, 5.74) is 7.87. The lowest BCUT2D eigenvalue weighted by atomic mass is 9.85. The lowest BCUT2D eigenvalue weighted by Crippen LogP contribution is -2.70. The van der Waals surface area contributed by atoms with Crippen LogP contribution in [0.4, 0.5) is 0 Å². The first-order valence-corrected chi connectivity index (χ1v) is 25.3. The molecule has 0 radical (unpaired) electrons. The van der Waals surface area contributed by atoms with Crippen molar-refractivity contribution in [1.29, 1.82) is 0 Å². The molecule has 0 aromatic carbocycles. The van der Waals surface area contributed by atoms with Crippen molar-refractivity contribution < 1.29 is 128 Å². The lowest BCUT2D eigenvalue weighted by Gasteiger charge is -2.49. The van der Waals surface area contributed by atoms with Crippen molar-refractivity contribution >= 4 is 77.2 Å². The molecule has 33 nitrogen and oxygen atoms in total. The van der Waals surface area contributed by atoms with Crippen molar-refractivity contribution in [3.05, 3.63) is 0 Å². The van der Waals surface area contributed by atoms with Gasteiger partial charge in [0.1, 0.15) is 30.5 Å². The molecule has 78 heavy (non-hydrogen) atoms. The molecule has 18 N–H and O–H groups in total. The Morgan fingerprint density at radius 2 is 1.36 bits per heavy atom. The van der Waals surface area contributed by atoms with Gasteiger partial charge in [0.2, 0.25) is 41.3 Å². The number of hydrazone groups is 1. The normalized spacial score (nSPS) is 33.1. The number of nitrogens with zero attached hydrogens (tertiary/aromatic N) is 2. The van der Waals surface area contributed by atoms with E-state index in [0.29, 0.717) is 24.4 Å². The van der Waals surface area contributed by atoms with Crippen LogP contribution in [-0.2, 0) is 66.8 Å². The summed E-state index contributed by atoms with van der Waals surface area (Å²) in [4.78, 5) is 117. The van der Waals surface area contributed by atoms with Crippen molar-refractivity contribution in [3.8, 4) is 0 Å². The van der Waals surface area contributed by atoms with Crippen LogP contribution in [0.2, 0.25) is 0 Å². The number of nitrogens with two attached hydrogens (primary N) is 1. The van der Waals surface area contributed by atoms with Gasteiger partial charge < -0.3 is 95.8 Å². The zero-order chi connectivity index (χ0) is 58.6. The van der Waals surface area contributed by atoms with Crippen molar-refractivity contribution in [1.82, 2.24) is 26.3 Å². The van der Waals surface area contributed by atoms with Crippen molar-refractivity contribution in [2.75, 3.05) is 39.2 Å². The lowest BCUT2D eigenvalue weighted by molar-refractivity contribution is -0.422. The molecule has 4 saturated heterocycles. The highest BCUT2D eigenvalue weighted by Crippen LogP contribution is 2.39. The van der Waals surface area contributed by atoms with Gasteiger partial charge in [0.15, 0.2) is 0 Å². The molecule has 4 rings (SSSR count). The van der Waals surface area contributed by atoms with Gasteiger partial charge in [0.05, 0.1) is 80.9 Å². The maximum absolute atomic E-state index is 13.1. The summed E-state index contributed by atoms with van der Waals surface area (Å²) in [5, 5.41) is 129. The highest BCUT2D eigenvalue weighted by molar-refractivity contribution is 8.00. The number of carbonyl (C=O) groups is 9. The molecule has 17 atom stereocenters. The Hall–Kier alpha value is -5.60. The molecule has 17 unspecified atom stereocenters. The number of carboxylic acid groups (broad SMARTS) is 3. The van der Waals surface area contributed by atoms with Gasteiger partial charge in [0.25, 0.3) is 17.4 Å². The molecular weight excluding hydrogens is 1070 g/mol. The number of rotatable bonds is 27. The molecule has 0 aromatic rings. The molecule has 0 aromatic heterocycles. The number of nitrogens with one attached hydrogen (secondary N) is 5. The third-order valence-electron chi connectivity index (χ3n) is 13.1. The SMILES string of the molecule is C[NH+]=C(N)CCCSC1CC(=O)N(CCC(=O)N/N=C/C2OC(OCC(CO)C(O)C3OC(OC(CO)C(O)C4OC(O)(C(=O)O)CC(O)C4NC(C)=O)(C(=O)O)CC(O)C3NC(C)=O)(C(=O)O)CC(O)C2NC(C)=O)C1=O. The van der Waals surface area contributed by atoms with Gasteiger partial charge in [-0.3, -0.25) is 44.4 Å². The van der Waals surface area contributed by atoms with Crippen LogP contribution in [0.3, 0.4) is 0 Å². The molecule has 0 aliphatic carbocycles. The second kappa shape index (κ2) is 28.0. The number of carboxylic acids is 3. The van der Waals surface area contributed by atoms with E-state index in [0.717, 1.165) is 31.9 Å². The van der Waals surface area contributed by atoms with E-state index in [-0.39, 0.29) is 13.0 Å². The highest BCUT2D eigenvalue weighted by Gasteiger charge is 2.60. The van der Waals surface area contributed by atoms with Gasteiger partial charge in [-0.2, -0.15) is 5.10 Å². The Bertz CT molecular complexity index is 2270. The third-order valence-corrected chi connectivity index (χ3v) is 14.4. The number of hydrogen-bond acceptors (Lipinski definition) is 24. The summed E-state index contributed by atoms with van der Waals surface area (Å²) < 4.78 is 28.0. The molecule has 0 spiro atoms. The zero-order valence-corrected chi connectivity index (χ0v) is 43.5. The monoisotopic (exact) mass is 1140 g/mol. The minimum Gasteiger partial charge on any atom is -0.477 e. The second-order valence-corrected chi connectivity index (χ2v) is 20.2. The van der Waals surface area contributed by atoms with Crippen LogP contribution in [0.15, 0.2) is 5.10 Å². The largest absolute Gasteiger partial charge is 0.477 e. The smallest absolute Gasteiger partial charge is 0.364 e. The first-order valence-electron chi connectivity index (χ1n) is 24.3. The molecule has 4 aliphatic rings. The van der Waals surface area contributed by atoms with Crippen molar-refractivity contribution in [2.24, 2.45) is 16.8 Å². The minimum atomic E-state index is -3.29. The number of aliphatic hydroxyl groups excluding tert-OH is 7. The Kier molecular flexibility index (Phi) is 23.3. The molecule has 4 aliphatic heterocycles. The standard InChI is InChI=1S/C44H68N8O25S/c1-18(55)48-31-23(59)12-43(40(68)69,74-25(31)14-47-51-29(61)7-8-52-30(62)10-27(38(52)65)78-9-5-6-28(45)46-4)73-17-21(15-53)34(63)36-33(50-20(3)57)24(60)13-44(77-36,41(70)71)75-26(16-54)35(64)37-32(49-19(2)56)22(58)11-42(72,76-37)39(66)67/h14,21-27,31-37,53-54,58-60,63-64,72H,5-13,15-17H2,1-4H3,(H2,45,46)(H,48,55)(H,49,56)(H,50,57)(H,51,61)(H,66,67)(H,68,69)(H,70,71)/p+1/b47-14+. The average Bonchev–Trinajstić information content (AvgIpc) is 3.64. The van der Waals surface area contributed by atoms with Crippen molar-refractivity contribution in [3.63, 3.8) is 0 Å². The number of hydrogen-bond donors (Lipinski definition) is 17. The first-order chi connectivity index (χ1) is 36.5. The number of carbonyl (C=O) groups excluding carboxylic acids is 6. The molecule has 0 bridgehead atoms. The average molecular weight is 1140 g/mol. The molecule has 440 valence electrons. The molecular formula is C44H69N8O25S+. The summed E-state index contributed by atoms with van der Waals surface area (Å²) in [6.45, 7) is -1.08. The van der Waals surface area contributed by atoms with Crippen LogP contribution in [0.1, 0.15) is 65.7 Å². The zero-order valence-electron chi connectivity index (χ0n) is 42.7. The molecule has 6 amide bonds. The fraction of sp³-hybridized carbons (Fsp3) is 0.750. The minimum absolute atomic E-state index is 0.0824. The van der Waals surface area contributed by atoms with E-state index >= 15 is 0 Å². The third kappa shape index (κ3) is 16.0. The number of aliphatic carboxylic acids is 3. The van der Waals surface area contributed by atoms with Gasteiger partial charge >= 0.3 is 17.9 Å². The van der Waals surface area contributed by atoms with Gasteiger partial charge in [0, 0.05) is 71.8 Å². The Morgan fingerprint density at radius 3 is 1.90 bits per heavy atom. The first kappa shape index (κ1) is 64.9. The van der Waals surface area contributed by atoms with Gasteiger partial charge in [-0.1, -0.05) is 0 Å². The maximum Gasteiger partial charge on any atom is 0.364 e. The second-order valence-electron chi connectivity index (χ2n) is 18.9. The van der Waals surface area contributed by atoms with Gasteiger partial charge in [-0.25, -0.2) is 19.8 Å². The number of ether oxygens (including phenoxy) is 5. The van der Waals surface area contributed by atoms with Crippen LogP contribution >= 0.6 is 11.8 Å². The number of likely N-dealkylation sites (tertiary alicyclic amines) is 1. The van der Waals surface area contributed by atoms with Crippen LogP contribution < -0.4 is 32.1 Å². The number of thioether (sulfide) groups is 1. The van der Waals surface area contributed by atoms with Crippen molar-refractivity contribution in [2.45, 2.75) is 161 Å². The predicted molar refractivity (Wildman–Crippen MR) is 257 cm³/mol. The van der Waals surface area contributed by atoms with E-state index in [1.54, 1.807) is 7.05 Å². The number of imide groups is 1.